The summed E-state index contributed by atoms with van der Waals surface area (Å²) < 4.78 is 0. The standard InChI is InChI=1S/C18H21ClN2O4/c19-15-4-2-1-3-12(15)11-16(22)20-7-9-21(10-8-20)17(23)13-5-6-14(13)18(24)25/h1-4,13-14H,5-11H2,(H,24,25). The van der Waals surface area contributed by atoms with E-state index in [4.69, 9.17) is 16.7 Å². The summed E-state index contributed by atoms with van der Waals surface area (Å²) in [5.74, 6) is -1.93. The lowest BCUT2D eigenvalue weighted by Crippen LogP contribution is -2.54. The smallest absolute Gasteiger partial charge is 0.307 e. The third-order valence-corrected chi connectivity index (χ3v) is 5.52. The fraction of sp³-hybridized carbons (Fsp3) is 0.500. The molecule has 25 heavy (non-hydrogen) atoms. The number of carbonyl (C=O) groups is 3. The van der Waals surface area contributed by atoms with Crippen LogP contribution in [0.15, 0.2) is 24.3 Å². The Kier molecular flexibility index (Phi) is 5.27. The second-order valence-corrected chi connectivity index (χ2v) is 7.01. The van der Waals surface area contributed by atoms with Gasteiger partial charge in [-0.25, -0.2) is 0 Å². The predicted molar refractivity (Wildman–Crippen MR) is 92.2 cm³/mol. The van der Waals surface area contributed by atoms with E-state index < -0.39 is 17.8 Å². The van der Waals surface area contributed by atoms with Gasteiger partial charge in [-0.2, -0.15) is 0 Å². The molecule has 1 saturated heterocycles. The highest BCUT2D eigenvalue weighted by atomic mass is 35.5. The van der Waals surface area contributed by atoms with Crippen molar-refractivity contribution >= 4 is 29.4 Å². The quantitative estimate of drug-likeness (QED) is 0.881. The molecule has 0 aromatic heterocycles. The van der Waals surface area contributed by atoms with E-state index in [9.17, 15) is 14.4 Å². The van der Waals surface area contributed by atoms with Gasteiger partial charge in [0.05, 0.1) is 18.3 Å². The number of hydrogen-bond donors (Lipinski definition) is 1. The van der Waals surface area contributed by atoms with Crippen LogP contribution in [0.2, 0.25) is 5.02 Å². The fourth-order valence-electron chi connectivity index (χ4n) is 3.42. The van der Waals surface area contributed by atoms with Crippen LogP contribution in [0.1, 0.15) is 18.4 Å². The van der Waals surface area contributed by atoms with E-state index in [0.29, 0.717) is 44.0 Å². The van der Waals surface area contributed by atoms with Crippen molar-refractivity contribution in [2.75, 3.05) is 26.2 Å². The Morgan fingerprint density at radius 1 is 1.00 bits per heavy atom. The monoisotopic (exact) mass is 364 g/mol. The highest BCUT2D eigenvalue weighted by molar-refractivity contribution is 6.31. The zero-order valence-electron chi connectivity index (χ0n) is 13.9. The van der Waals surface area contributed by atoms with Gasteiger partial charge < -0.3 is 14.9 Å². The van der Waals surface area contributed by atoms with Crippen LogP contribution >= 0.6 is 11.6 Å². The number of carbonyl (C=O) groups excluding carboxylic acids is 2. The molecule has 2 unspecified atom stereocenters. The van der Waals surface area contributed by atoms with Crippen molar-refractivity contribution in [3.05, 3.63) is 34.9 Å². The highest BCUT2D eigenvalue weighted by Gasteiger charge is 2.43. The summed E-state index contributed by atoms with van der Waals surface area (Å²) in [6, 6.07) is 7.27. The first-order chi connectivity index (χ1) is 12.0. The number of halogens is 1. The van der Waals surface area contributed by atoms with Gasteiger partial charge in [0, 0.05) is 31.2 Å². The van der Waals surface area contributed by atoms with Gasteiger partial charge in [-0.3, -0.25) is 14.4 Å². The summed E-state index contributed by atoms with van der Waals surface area (Å²) in [7, 11) is 0. The summed E-state index contributed by atoms with van der Waals surface area (Å²) in [6.45, 7) is 1.85. The van der Waals surface area contributed by atoms with Crippen LogP contribution in [0.25, 0.3) is 0 Å². The number of rotatable bonds is 4. The number of hydrogen-bond acceptors (Lipinski definition) is 3. The Balaban J connectivity index is 1.52. The molecule has 2 atom stereocenters. The topological polar surface area (TPSA) is 77.9 Å². The molecule has 1 aliphatic carbocycles. The largest absolute Gasteiger partial charge is 0.481 e. The van der Waals surface area contributed by atoms with E-state index in [-0.39, 0.29) is 18.2 Å². The predicted octanol–water partition coefficient (Wildman–Crippen LogP) is 1.66. The van der Waals surface area contributed by atoms with Gasteiger partial charge in [0.15, 0.2) is 0 Å². The number of carboxylic acids is 1. The Bertz CT molecular complexity index is 685. The highest BCUT2D eigenvalue weighted by Crippen LogP contribution is 2.36. The van der Waals surface area contributed by atoms with Crippen LogP contribution in [0.4, 0.5) is 0 Å². The third-order valence-electron chi connectivity index (χ3n) is 5.15. The molecular formula is C18H21ClN2O4. The molecule has 7 heteroatoms. The van der Waals surface area contributed by atoms with Crippen molar-refractivity contribution in [2.45, 2.75) is 19.3 Å². The molecule has 1 heterocycles. The van der Waals surface area contributed by atoms with E-state index in [1.54, 1.807) is 15.9 Å². The number of benzene rings is 1. The van der Waals surface area contributed by atoms with Gasteiger partial charge in [0.1, 0.15) is 0 Å². The molecular weight excluding hydrogens is 344 g/mol. The maximum Gasteiger partial charge on any atom is 0.307 e. The third kappa shape index (κ3) is 3.79. The molecule has 3 rings (SSSR count). The normalized spacial score (nSPS) is 23.1. The Labute approximate surface area is 151 Å². The van der Waals surface area contributed by atoms with Crippen molar-refractivity contribution < 1.29 is 19.5 Å². The Morgan fingerprint density at radius 2 is 1.60 bits per heavy atom. The summed E-state index contributed by atoms with van der Waals surface area (Å²) in [5, 5.41) is 9.67. The molecule has 2 aliphatic rings. The first-order valence-electron chi connectivity index (χ1n) is 8.50. The molecule has 2 amide bonds. The van der Waals surface area contributed by atoms with E-state index in [2.05, 4.69) is 0 Å². The molecule has 2 fully saturated rings. The molecule has 1 aromatic rings. The molecule has 1 N–H and O–H groups in total. The van der Waals surface area contributed by atoms with Crippen molar-refractivity contribution in [3.63, 3.8) is 0 Å². The zero-order chi connectivity index (χ0) is 18.0. The van der Waals surface area contributed by atoms with Gasteiger partial charge in [-0.15, -0.1) is 0 Å². The van der Waals surface area contributed by atoms with E-state index >= 15 is 0 Å². The Morgan fingerprint density at radius 3 is 2.16 bits per heavy atom. The van der Waals surface area contributed by atoms with E-state index in [1.807, 2.05) is 18.2 Å². The average Bonchev–Trinajstić information content (AvgIpc) is 2.55. The second kappa shape index (κ2) is 7.44. The van der Waals surface area contributed by atoms with Gasteiger partial charge in [-0.05, 0) is 24.5 Å². The molecule has 0 radical (unpaired) electrons. The van der Waals surface area contributed by atoms with Crippen molar-refractivity contribution in [2.24, 2.45) is 11.8 Å². The molecule has 0 spiro atoms. The van der Waals surface area contributed by atoms with E-state index in [0.717, 1.165) is 5.56 Å². The number of amides is 2. The average molecular weight is 365 g/mol. The van der Waals surface area contributed by atoms with Crippen molar-refractivity contribution in [3.8, 4) is 0 Å². The van der Waals surface area contributed by atoms with Gasteiger partial charge >= 0.3 is 5.97 Å². The lowest BCUT2D eigenvalue weighted by Gasteiger charge is -2.40. The summed E-state index contributed by atoms with van der Waals surface area (Å²) in [4.78, 5) is 39.4. The second-order valence-electron chi connectivity index (χ2n) is 6.60. The number of carboxylic acid groups (broad SMARTS) is 1. The van der Waals surface area contributed by atoms with Crippen LogP contribution in [-0.2, 0) is 20.8 Å². The lowest BCUT2D eigenvalue weighted by molar-refractivity contribution is -0.157. The van der Waals surface area contributed by atoms with Crippen LogP contribution in [-0.4, -0.2) is 58.9 Å². The van der Waals surface area contributed by atoms with Crippen LogP contribution < -0.4 is 0 Å². The molecule has 1 aromatic carbocycles. The summed E-state index contributed by atoms with van der Waals surface area (Å²) >= 11 is 6.10. The fourth-order valence-corrected chi connectivity index (χ4v) is 3.62. The van der Waals surface area contributed by atoms with E-state index in [1.165, 1.54) is 0 Å². The lowest BCUT2D eigenvalue weighted by atomic mass is 9.73. The molecule has 134 valence electrons. The maximum absolute atomic E-state index is 12.4. The number of piperazine rings is 1. The van der Waals surface area contributed by atoms with Crippen LogP contribution in [0.5, 0.6) is 0 Å². The zero-order valence-corrected chi connectivity index (χ0v) is 14.6. The first kappa shape index (κ1) is 17.7. The maximum atomic E-state index is 12.4. The minimum Gasteiger partial charge on any atom is -0.481 e. The molecule has 6 nitrogen and oxygen atoms in total. The van der Waals surface area contributed by atoms with Crippen molar-refractivity contribution in [1.29, 1.82) is 0 Å². The summed E-state index contributed by atoms with van der Waals surface area (Å²) in [6.07, 6.45) is 1.46. The van der Waals surface area contributed by atoms with Gasteiger partial charge in [0.25, 0.3) is 0 Å². The first-order valence-corrected chi connectivity index (χ1v) is 8.88. The molecule has 1 saturated carbocycles. The molecule has 1 aliphatic heterocycles. The molecule has 0 bridgehead atoms. The number of aliphatic carboxylic acids is 1. The minimum atomic E-state index is -0.891. The van der Waals surface area contributed by atoms with Crippen LogP contribution in [0, 0.1) is 11.8 Å². The Hall–Kier alpha value is -2.08. The van der Waals surface area contributed by atoms with Crippen molar-refractivity contribution in [1.82, 2.24) is 9.80 Å². The van der Waals surface area contributed by atoms with Gasteiger partial charge in [0.2, 0.25) is 11.8 Å². The number of nitrogens with zero attached hydrogens (tertiary/aromatic N) is 2. The summed E-state index contributed by atoms with van der Waals surface area (Å²) in [5.41, 5.74) is 0.798. The SMILES string of the molecule is O=C(O)C1CCC1C(=O)N1CCN(C(=O)Cc2ccccc2Cl)CC1. The van der Waals surface area contributed by atoms with Gasteiger partial charge in [-0.1, -0.05) is 29.8 Å². The van der Waals surface area contributed by atoms with Crippen LogP contribution in [0.3, 0.4) is 0 Å². The minimum absolute atomic E-state index is 0.00717.